The van der Waals surface area contributed by atoms with E-state index in [1.165, 1.54) is 6.92 Å². The van der Waals surface area contributed by atoms with Crippen LogP contribution in [0.3, 0.4) is 0 Å². The molecular formula is C20H22N2O3. The number of nitrogens with zero attached hydrogens (tertiary/aromatic N) is 1. The highest BCUT2D eigenvalue weighted by molar-refractivity contribution is 6.06. The molecule has 0 aromatic heterocycles. The van der Waals surface area contributed by atoms with E-state index in [9.17, 15) is 9.59 Å². The van der Waals surface area contributed by atoms with E-state index < -0.39 is 6.04 Å². The van der Waals surface area contributed by atoms with Gasteiger partial charge in [0.1, 0.15) is 11.8 Å². The smallest absolute Gasteiger partial charge is 0.254 e. The van der Waals surface area contributed by atoms with Gasteiger partial charge in [-0.1, -0.05) is 36.4 Å². The fourth-order valence-corrected chi connectivity index (χ4v) is 3.06. The SMILES string of the molecule is CC(=O)N[C@@H]1C(=O)N(Cc2ccccc2OC(C)C)c2ccccc21. The molecule has 0 saturated heterocycles. The first-order valence-corrected chi connectivity index (χ1v) is 8.39. The van der Waals surface area contributed by atoms with Crippen molar-refractivity contribution >= 4 is 17.5 Å². The largest absolute Gasteiger partial charge is 0.491 e. The minimum atomic E-state index is -0.633. The molecule has 1 aliphatic heterocycles. The maximum absolute atomic E-state index is 12.9. The lowest BCUT2D eigenvalue weighted by Crippen LogP contribution is -2.36. The van der Waals surface area contributed by atoms with Gasteiger partial charge in [0.25, 0.3) is 5.91 Å². The van der Waals surface area contributed by atoms with E-state index in [1.54, 1.807) is 4.90 Å². The molecule has 0 spiro atoms. The Kier molecular flexibility index (Phi) is 4.74. The molecule has 3 rings (SSSR count). The van der Waals surface area contributed by atoms with Gasteiger partial charge in [-0.05, 0) is 26.0 Å². The zero-order valence-electron chi connectivity index (χ0n) is 14.7. The fraction of sp³-hybridized carbons (Fsp3) is 0.300. The number of para-hydroxylation sites is 2. The summed E-state index contributed by atoms with van der Waals surface area (Å²) in [4.78, 5) is 26.1. The summed E-state index contributed by atoms with van der Waals surface area (Å²) in [5.74, 6) is 0.417. The van der Waals surface area contributed by atoms with Gasteiger partial charge in [-0.2, -0.15) is 0 Å². The van der Waals surface area contributed by atoms with Crippen LogP contribution in [0.2, 0.25) is 0 Å². The Morgan fingerprint density at radius 2 is 1.84 bits per heavy atom. The average molecular weight is 338 g/mol. The van der Waals surface area contributed by atoms with Crippen LogP contribution < -0.4 is 15.0 Å². The number of rotatable bonds is 5. The summed E-state index contributed by atoms with van der Waals surface area (Å²) >= 11 is 0. The lowest BCUT2D eigenvalue weighted by molar-refractivity contribution is -0.126. The number of benzene rings is 2. The van der Waals surface area contributed by atoms with Crippen molar-refractivity contribution in [2.24, 2.45) is 0 Å². The summed E-state index contributed by atoms with van der Waals surface area (Å²) < 4.78 is 5.86. The van der Waals surface area contributed by atoms with Gasteiger partial charge in [0.15, 0.2) is 0 Å². The first kappa shape index (κ1) is 17.0. The predicted molar refractivity (Wildman–Crippen MR) is 96.4 cm³/mol. The van der Waals surface area contributed by atoms with Crippen LogP contribution in [-0.4, -0.2) is 17.9 Å². The number of ether oxygens (including phenoxy) is 1. The number of anilines is 1. The molecule has 1 heterocycles. The first-order valence-electron chi connectivity index (χ1n) is 8.39. The molecule has 2 aromatic carbocycles. The third-order valence-corrected chi connectivity index (χ3v) is 4.06. The van der Waals surface area contributed by atoms with Gasteiger partial charge in [0.2, 0.25) is 5.91 Å². The van der Waals surface area contributed by atoms with Crippen LogP contribution in [0.1, 0.15) is 37.9 Å². The maximum atomic E-state index is 12.9. The third kappa shape index (κ3) is 3.50. The van der Waals surface area contributed by atoms with Crippen LogP contribution in [0.4, 0.5) is 5.69 Å². The number of carbonyl (C=O) groups excluding carboxylic acids is 2. The Bertz CT molecular complexity index is 801. The van der Waals surface area contributed by atoms with Gasteiger partial charge < -0.3 is 15.0 Å². The number of hydrogen-bond donors (Lipinski definition) is 1. The molecular weight excluding hydrogens is 316 g/mol. The third-order valence-electron chi connectivity index (χ3n) is 4.06. The standard InChI is InChI=1S/C20H22N2O3/c1-13(2)25-18-11-7-4-8-15(18)12-22-17-10-6-5-9-16(17)19(20(22)24)21-14(3)23/h4-11,13,19H,12H2,1-3H3,(H,21,23)/t19-/m0/s1. The second kappa shape index (κ2) is 6.97. The first-order chi connectivity index (χ1) is 12.0. The van der Waals surface area contributed by atoms with Crippen LogP contribution in [0.15, 0.2) is 48.5 Å². The Hall–Kier alpha value is -2.82. The molecule has 0 fully saturated rings. The van der Waals surface area contributed by atoms with Gasteiger partial charge >= 0.3 is 0 Å². The molecule has 2 amide bonds. The zero-order valence-corrected chi connectivity index (χ0v) is 14.7. The number of amides is 2. The van der Waals surface area contributed by atoms with Gasteiger partial charge in [-0.15, -0.1) is 0 Å². The monoisotopic (exact) mass is 338 g/mol. The van der Waals surface area contributed by atoms with Gasteiger partial charge in [-0.3, -0.25) is 9.59 Å². The molecule has 0 saturated carbocycles. The molecule has 0 radical (unpaired) electrons. The molecule has 130 valence electrons. The summed E-state index contributed by atoms with van der Waals surface area (Å²) in [6, 6.07) is 14.6. The normalized spacial score (nSPS) is 16.1. The van der Waals surface area contributed by atoms with E-state index in [0.717, 1.165) is 22.6 Å². The molecule has 0 unspecified atom stereocenters. The van der Waals surface area contributed by atoms with Crippen molar-refractivity contribution in [3.63, 3.8) is 0 Å². The fourth-order valence-electron chi connectivity index (χ4n) is 3.06. The quantitative estimate of drug-likeness (QED) is 0.911. The van der Waals surface area contributed by atoms with E-state index in [4.69, 9.17) is 4.74 Å². The summed E-state index contributed by atoms with van der Waals surface area (Å²) in [6.07, 6.45) is 0.0508. The van der Waals surface area contributed by atoms with Crippen LogP contribution in [0, 0.1) is 0 Å². The number of hydrogen-bond acceptors (Lipinski definition) is 3. The van der Waals surface area contributed by atoms with Gasteiger partial charge in [0.05, 0.1) is 12.6 Å². The van der Waals surface area contributed by atoms with Crippen molar-refractivity contribution in [3.8, 4) is 5.75 Å². The topological polar surface area (TPSA) is 58.6 Å². The minimum absolute atomic E-state index is 0.0508. The molecule has 5 heteroatoms. The van der Waals surface area contributed by atoms with Crippen molar-refractivity contribution < 1.29 is 14.3 Å². The molecule has 2 aromatic rings. The molecule has 0 bridgehead atoms. The zero-order chi connectivity index (χ0) is 18.0. The van der Waals surface area contributed by atoms with Crippen molar-refractivity contribution in [3.05, 3.63) is 59.7 Å². The highest BCUT2D eigenvalue weighted by Gasteiger charge is 2.37. The minimum Gasteiger partial charge on any atom is -0.491 e. The molecule has 25 heavy (non-hydrogen) atoms. The van der Waals surface area contributed by atoms with Crippen LogP contribution in [0.25, 0.3) is 0 Å². The maximum Gasteiger partial charge on any atom is 0.254 e. The van der Waals surface area contributed by atoms with Gasteiger partial charge in [-0.25, -0.2) is 0 Å². The number of carbonyl (C=O) groups is 2. The van der Waals surface area contributed by atoms with E-state index in [1.807, 2.05) is 62.4 Å². The number of nitrogens with one attached hydrogen (secondary N) is 1. The molecule has 0 aliphatic carbocycles. The Morgan fingerprint density at radius 1 is 1.16 bits per heavy atom. The highest BCUT2D eigenvalue weighted by Crippen LogP contribution is 2.37. The van der Waals surface area contributed by atoms with Crippen molar-refractivity contribution in [1.29, 1.82) is 0 Å². The van der Waals surface area contributed by atoms with Crippen LogP contribution >= 0.6 is 0 Å². The molecule has 1 atom stereocenters. The Labute approximate surface area is 147 Å². The summed E-state index contributed by atoms with van der Waals surface area (Å²) in [6.45, 7) is 5.76. The van der Waals surface area contributed by atoms with Crippen LogP contribution in [-0.2, 0) is 16.1 Å². The van der Waals surface area contributed by atoms with Crippen molar-refractivity contribution in [2.45, 2.75) is 39.5 Å². The molecule has 1 aliphatic rings. The van der Waals surface area contributed by atoms with E-state index in [0.29, 0.717) is 6.54 Å². The van der Waals surface area contributed by atoms with E-state index >= 15 is 0 Å². The predicted octanol–water partition coefficient (Wildman–Crippen LogP) is 3.20. The van der Waals surface area contributed by atoms with Gasteiger partial charge in [0, 0.05) is 23.7 Å². The van der Waals surface area contributed by atoms with E-state index in [2.05, 4.69) is 5.32 Å². The van der Waals surface area contributed by atoms with E-state index in [-0.39, 0.29) is 17.9 Å². The van der Waals surface area contributed by atoms with Crippen molar-refractivity contribution in [2.75, 3.05) is 4.90 Å². The second-order valence-corrected chi connectivity index (χ2v) is 6.39. The Balaban J connectivity index is 1.93. The lowest BCUT2D eigenvalue weighted by Gasteiger charge is -2.21. The second-order valence-electron chi connectivity index (χ2n) is 6.39. The molecule has 5 nitrogen and oxygen atoms in total. The lowest BCUT2D eigenvalue weighted by atomic mass is 10.1. The Morgan fingerprint density at radius 3 is 2.56 bits per heavy atom. The summed E-state index contributed by atoms with van der Waals surface area (Å²) in [5.41, 5.74) is 2.58. The number of fused-ring (bicyclic) bond motifs is 1. The summed E-state index contributed by atoms with van der Waals surface area (Å²) in [5, 5.41) is 2.75. The highest BCUT2D eigenvalue weighted by atomic mass is 16.5. The summed E-state index contributed by atoms with van der Waals surface area (Å²) in [7, 11) is 0. The van der Waals surface area contributed by atoms with Crippen LogP contribution in [0.5, 0.6) is 5.75 Å². The average Bonchev–Trinajstić information content (AvgIpc) is 2.82. The van der Waals surface area contributed by atoms with Crippen molar-refractivity contribution in [1.82, 2.24) is 5.32 Å². The molecule has 1 N–H and O–H groups in total.